The van der Waals surface area contributed by atoms with Gasteiger partial charge in [0.2, 0.25) is 0 Å². The number of alkyl halides is 3. The van der Waals surface area contributed by atoms with Crippen LogP contribution in [0.15, 0.2) is 18.2 Å². The van der Waals surface area contributed by atoms with Crippen molar-refractivity contribution in [1.29, 1.82) is 0 Å². The predicted octanol–water partition coefficient (Wildman–Crippen LogP) is 3.12. The Morgan fingerprint density at radius 1 is 1.39 bits per heavy atom. The molecule has 0 aliphatic heterocycles. The van der Waals surface area contributed by atoms with Gasteiger partial charge in [-0.2, -0.15) is 13.2 Å². The summed E-state index contributed by atoms with van der Waals surface area (Å²) >= 11 is -0.230. The second kappa shape index (κ2) is 6.08. The van der Waals surface area contributed by atoms with E-state index >= 15 is 0 Å². The van der Waals surface area contributed by atoms with Crippen LogP contribution in [-0.4, -0.2) is 23.7 Å². The molecule has 0 aliphatic rings. The van der Waals surface area contributed by atoms with Gasteiger partial charge >= 0.3 is 5.51 Å². The Bertz CT molecular complexity index is 434. The molecular weight excluding hydrogens is 270 g/mol. The Labute approximate surface area is 106 Å². The number of benzene rings is 1. The fraction of sp³-hybridized carbons (Fsp3) is 0.364. The molecule has 0 aliphatic carbocycles. The van der Waals surface area contributed by atoms with Gasteiger partial charge in [0.15, 0.2) is 0 Å². The van der Waals surface area contributed by atoms with Gasteiger partial charge in [0, 0.05) is 12.3 Å². The molecule has 0 spiro atoms. The fourth-order valence-corrected chi connectivity index (χ4v) is 1.68. The van der Waals surface area contributed by atoms with E-state index in [2.05, 4.69) is 5.32 Å². The lowest BCUT2D eigenvalue weighted by molar-refractivity contribution is -0.0327. The van der Waals surface area contributed by atoms with Crippen LogP contribution in [0.5, 0.6) is 0 Å². The average molecular weight is 281 g/mol. The maximum absolute atomic E-state index is 13.5. The van der Waals surface area contributed by atoms with E-state index in [0.29, 0.717) is 5.56 Å². The SMILES string of the molecule is Cc1cccc(C(=O)NCCSC(F)(F)F)c1F. The molecular formula is C11H11F4NOS. The van der Waals surface area contributed by atoms with Gasteiger partial charge in [-0.25, -0.2) is 4.39 Å². The Kier molecular flexibility index (Phi) is 5.01. The number of thioether (sulfide) groups is 1. The number of carbonyl (C=O) groups excluding carboxylic acids is 1. The van der Waals surface area contributed by atoms with Crippen LogP contribution in [0.4, 0.5) is 17.6 Å². The summed E-state index contributed by atoms with van der Waals surface area (Å²) in [6.07, 6.45) is 0. The van der Waals surface area contributed by atoms with Crippen molar-refractivity contribution in [2.45, 2.75) is 12.4 Å². The fourth-order valence-electron chi connectivity index (χ4n) is 1.25. The van der Waals surface area contributed by atoms with Gasteiger partial charge in [-0.3, -0.25) is 4.79 Å². The Morgan fingerprint density at radius 2 is 2.06 bits per heavy atom. The first kappa shape index (κ1) is 14.8. The minimum atomic E-state index is -4.32. The highest BCUT2D eigenvalue weighted by Crippen LogP contribution is 2.29. The maximum atomic E-state index is 13.5. The summed E-state index contributed by atoms with van der Waals surface area (Å²) in [5.41, 5.74) is -4.17. The van der Waals surface area contributed by atoms with Crippen LogP contribution in [0.2, 0.25) is 0 Å². The number of aryl methyl sites for hydroxylation is 1. The van der Waals surface area contributed by atoms with E-state index in [1.807, 2.05) is 0 Å². The molecule has 1 rings (SSSR count). The summed E-state index contributed by atoms with van der Waals surface area (Å²) < 4.78 is 48.9. The second-order valence-electron chi connectivity index (χ2n) is 3.49. The predicted molar refractivity (Wildman–Crippen MR) is 62.0 cm³/mol. The summed E-state index contributed by atoms with van der Waals surface area (Å²) in [6.45, 7) is 1.34. The molecule has 7 heteroatoms. The van der Waals surface area contributed by atoms with E-state index in [0.717, 1.165) is 0 Å². The molecule has 0 aromatic heterocycles. The molecule has 0 saturated carbocycles. The normalized spacial score (nSPS) is 11.4. The highest BCUT2D eigenvalue weighted by molar-refractivity contribution is 8.00. The molecule has 0 bridgehead atoms. The molecule has 0 unspecified atom stereocenters. The molecule has 1 aromatic carbocycles. The summed E-state index contributed by atoms with van der Waals surface area (Å²) in [7, 11) is 0. The zero-order valence-corrected chi connectivity index (χ0v) is 10.3. The number of hydrogen-bond acceptors (Lipinski definition) is 2. The zero-order valence-electron chi connectivity index (χ0n) is 9.47. The van der Waals surface area contributed by atoms with Crippen molar-refractivity contribution in [3.63, 3.8) is 0 Å². The average Bonchev–Trinajstić information content (AvgIpc) is 2.26. The van der Waals surface area contributed by atoms with Crippen LogP contribution in [0.25, 0.3) is 0 Å². The molecule has 18 heavy (non-hydrogen) atoms. The largest absolute Gasteiger partial charge is 0.441 e. The summed E-state index contributed by atoms with van der Waals surface area (Å²) in [4.78, 5) is 11.5. The van der Waals surface area contributed by atoms with E-state index < -0.39 is 17.2 Å². The zero-order chi connectivity index (χ0) is 13.8. The third-order valence-corrected chi connectivity index (χ3v) is 2.83. The van der Waals surface area contributed by atoms with Crippen LogP contribution >= 0.6 is 11.8 Å². The first-order chi connectivity index (χ1) is 8.31. The monoisotopic (exact) mass is 281 g/mol. The minimum Gasteiger partial charge on any atom is -0.351 e. The van der Waals surface area contributed by atoms with Crippen molar-refractivity contribution >= 4 is 17.7 Å². The second-order valence-corrected chi connectivity index (χ2v) is 4.65. The Hall–Kier alpha value is -1.24. The minimum absolute atomic E-state index is 0.160. The Morgan fingerprint density at radius 3 is 2.67 bits per heavy atom. The molecule has 0 atom stereocenters. The van der Waals surface area contributed by atoms with Crippen molar-refractivity contribution in [3.05, 3.63) is 35.1 Å². The Balaban J connectivity index is 2.49. The molecule has 0 heterocycles. The van der Waals surface area contributed by atoms with Crippen LogP contribution < -0.4 is 5.32 Å². The van der Waals surface area contributed by atoms with Gasteiger partial charge in [0.05, 0.1) is 5.56 Å². The number of carbonyl (C=O) groups is 1. The lowest BCUT2D eigenvalue weighted by Crippen LogP contribution is -2.27. The number of hydrogen-bond donors (Lipinski definition) is 1. The van der Waals surface area contributed by atoms with E-state index in [1.165, 1.54) is 25.1 Å². The molecule has 100 valence electrons. The van der Waals surface area contributed by atoms with Crippen molar-refractivity contribution in [2.24, 2.45) is 0 Å². The highest BCUT2D eigenvalue weighted by Gasteiger charge is 2.27. The van der Waals surface area contributed by atoms with Gasteiger partial charge < -0.3 is 5.32 Å². The van der Waals surface area contributed by atoms with Crippen LogP contribution in [0.1, 0.15) is 15.9 Å². The quantitative estimate of drug-likeness (QED) is 0.678. The smallest absolute Gasteiger partial charge is 0.351 e. The van der Waals surface area contributed by atoms with E-state index in [1.54, 1.807) is 0 Å². The number of nitrogens with one attached hydrogen (secondary N) is 1. The summed E-state index contributed by atoms with van der Waals surface area (Å²) in [5, 5.41) is 2.24. The topological polar surface area (TPSA) is 29.1 Å². The van der Waals surface area contributed by atoms with Gasteiger partial charge in [0.25, 0.3) is 5.91 Å². The van der Waals surface area contributed by atoms with Crippen LogP contribution in [0, 0.1) is 12.7 Å². The molecule has 0 fully saturated rings. The van der Waals surface area contributed by atoms with Gasteiger partial charge in [-0.05, 0) is 30.3 Å². The van der Waals surface area contributed by atoms with Gasteiger partial charge in [-0.15, -0.1) is 0 Å². The molecule has 1 aromatic rings. The van der Waals surface area contributed by atoms with Crippen LogP contribution in [-0.2, 0) is 0 Å². The molecule has 0 saturated heterocycles. The van der Waals surface area contributed by atoms with Gasteiger partial charge in [0.1, 0.15) is 5.82 Å². The molecule has 2 nitrogen and oxygen atoms in total. The lowest BCUT2D eigenvalue weighted by Gasteiger charge is -2.08. The summed E-state index contributed by atoms with van der Waals surface area (Å²) in [6, 6.07) is 4.30. The van der Waals surface area contributed by atoms with E-state index in [9.17, 15) is 22.4 Å². The maximum Gasteiger partial charge on any atom is 0.441 e. The van der Waals surface area contributed by atoms with Gasteiger partial charge in [-0.1, -0.05) is 12.1 Å². The third kappa shape index (κ3) is 4.56. The van der Waals surface area contributed by atoms with Crippen molar-refractivity contribution < 1.29 is 22.4 Å². The molecule has 1 amide bonds. The number of rotatable bonds is 4. The number of halogens is 4. The van der Waals surface area contributed by atoms with E-state index in [-0.39, 0.29) is 29.6 Å². The molecule has 1 N–H and O–H groups in total. The van der Waals surface area contributed by atoms with Crippen molar-refractivity contribution in [2.75, 3.05) is 12.3 Å². The van der Waals surface area contributed by atoms with Crippen LogP contribution in [0.3, 0.4) is 0 Å². The lowest BCUT2D eigenvalue weighted by atomic mass is 10.1. The number of amides is 1. The summed E-state index contributed by atoms with van der Waals surface area (Å²) in [5.74, 6) is -1.67. The molecule has 0 radical (unpaired) electrons. The highest BCUT2D eigenvalue weighted by atomic mass is 32.2. The standard InChI is InChI=1S/C11H11F4NOS/c1-7-3-2-4-8(9(7)12)10(17)16-5-6-18-11(13,14)15/h2-4H,5-6H2,1H3,(H,16,17). The first-order valence-electron chi connectivity index (χ1n) is 5.05. The third-order valence-electron chi connectivity index (χ3n) is 2.09. The first-order valence-corrected chi connectivity index (χ1v) is 6.04. The van der Waals surface area contributed by atoms with Crippen molar-refractivity contribution in [3.8, 4) is 0 Å². The van der Waals surface area contributed by atoms with Crippen molar-refractivity contribution in [1.82, 2.24) is 5.32 Å². The van der Waals surface area contributed by atoms with E-state index in [4.69, 9.17) is 0 Å².